The van der Waals surface area contributed by atoms with Crippen molar-refractivity contribution >= 4 is 17.0 Å². The van der Waals surface area contributed by atoms with E-state index in [4.69, 9.17) is 9.15 Å². The predicted octanol–water partition coefficient (Wildman–Crippen LogP) is 4.60. The number of nitrogens with zero attached hydrogens (tertiary/aromatic N) is 4. The van der Waals surface area contributed by atoms with Gasteiger partial charge in [-0.25, -0.2) is 9.78 Å². The molecule has 0 bridgehead atoms. The largest absolute Gasteiger partial charge is 0.423 e. The van der Waals surface area contributed by atoms with Crippen LogP contribution in [-0.2, 0) is 0 Å². The second-order valence-electron chi connectivity index (χ2n) is 6.69. The van der Waals surface area contributed by atoms with Gasteiger partial charge in [-0.05, 0) is 61.5 Å². The topological polar surface area (TPSA) is 83.0 Å². The summed E-state index contributed by atoms with van der Waals surface area (Å²) in [5.74, 6) is 1.23. The van der Waals surface area contributed by atoms with Crippen LogP contribution >= 0.6 is 0 Å². The lowest BCUT2D eigenvalue weighted by atomic mass is 10.2. The van der Waals surface area contributed by atoms with Crippen molar-refractivity contribution in [2.75, 3.05) is 0 Å². The number of hydrogen-bond donors (Lipinski definition) is 0. The maximum atomic E-state index is 12.6. The highest BCUT2D eigenvalue weighted by Crippen LogP contribution is 2.24. The van der Waals surface area contributed by atoms with Crippen molar-refractivity contribution in [3.63, 3.8) is 0 Å². The Bertz CT molecular complexity index is 1320. The van der Waals surface area contributed by atoms with E-state index in [2.05, 4.69) is 19.7 Å². The molecule has 5 aromatic rings. The van der Waals surface area contributed by atoms with E-state index in [1.165, 1.54) is 6.39 Å². The molecule has 3 aromatic carbocycles. The molecule has 30 heavy (non-hydrogen) atoms. The van der Waals surface area contributed by atoms with Crippen molar-refractivity contribution in [1.29, 1.82) is 0 Å². The Morgan fingerprint density at radius 2 is 1.80 bits per heavy atom. The Kier molecular flexibility index (Phi) is 4.33. The highest BCUT2D eigenvalue weighted by Gasteiger charge is 2.14. The van der Waals surface area contributed by atoms with Crippen molar-refractivity contribution in [2.24, 2.45) is 0 Å². The van der Waals surface area contributed by atoms with Crippen LogP contribution in [0.5, 0.6) is 5.75 Å². The van der Waals surface area contributed by atoms with E-state index in [0.717, 1.165) is 28.1 Å². The van der Waals surface area contributed by atoms with Gasteiger partial charge in [0.15, 0.2) is 0 Å². The number of imidazole rings is 1. The molecule has 7 nitrogen and oxygen atoms in total. The summed E-state index contributed by atoms with van der Waals surface area (Å²) < 4.78 is 12.7. The fourth-order valence-corrected chi connectivity index (χ4v) is 3.36. The monoisotopic (exact) mass is 396 g/mol. The molecule has 0 aliphatic heterocycles. The van der Waals surface area contributed by atoms with Gasteiger partial charge in [-0.15, -0.1) is 10.2 Å². The number of carbonyl (C=O) groups is 1. The number of aromatic nitrogens is 4. The van der Waals surface area contributed by atoms with E-state index < -0.39 is 5.97 Å². The van der Waals surface area contributed by atoms with Gasteiger partial charge in [0, 0.05) is 11.3 Å². The zero-order valence-corrected chi connectivity index (χ0v) is 16.0. The molecule has 2 aromatic heterocycles. The van der Waals surface area contributed by atoms with Gasteiger partial charge in [-0.1, -0.05) is 18.2 Å². The summed E-state index contributed by atoms with van der Waals surface area (Å²) in [6, 6.07) is 22.2. The molecule has 146 valence electrons. The number of esters is 1. The summed E-state index contributed by atoms with van der Waals surface area (Å²) in [6.07, 6.45) is 1.26. The summed E-state index contributed by atoms with van der Waals surface area (Å²) >= 11 is 0. The maximum Gasteiger partial charge on any atom is 0.343 e. The molecule has 0 saturated carbocycles. The first-order valence-electron chi connectivity index (χ1n) is 9.32. The number of aryl methyl sites for hydroxylation is 1. The Morgan fingerprint density at radius 3 is 2.53 bits per heavy atom. The molecule has 7 heteroatoms. The summed E-state index contributed by atoms with van der Waals surface area (Å²) in [6.45, 7) is 1.94. The lowest BCUT2D eigenvalue weighted by Crippen LogP contribution is -2.08. The molecule has 5 rings (SSSR count). The zero-order valence-electron chi connectivity index (χ0n) is 16.0. The second-order valence-corrected chi connectivity index (χ2v) is 6.69. The smallest absolute Gasteiger partial charge is 0.343 e. The normalized spacial score (nSPS) is 11.0. The Balaban J connectivity index is 1.40. The van der Waals surface area contributed by atoms with Crippen molar-refractivity contribution in [1.82, 2.24) is 19.7 Å². The van der Waals surface area contributed by atoms with Gasteiger partial charge >= 0.3 is 5.97 Å². The third kappa shape index (κ3) is 3.22. The van der Waals surface area contributed by atoms with Crippen LogP contribution in [0.3, 0.4) is 0 Å². The molecule has 0 aliphatic rings. The van der Waals surface area contributed by atoms with Crippen molar-refractivity contribution in [3.8, 4) is 22.9 Å². The van der Waals surface area contributed by atoms with Crippen LogP contribution in [0.4, 0.5) is 0 Å². The fourth-order valence-electron chi connectivity index (χ4n) is 3.36. The average Bonchev–Trinajstić information content (AvgIpc) is 3.41. The van der Waals surface area contributed by atoms with Crippen LogP contribution in [0.15, 0.2) is 83.6 Å². The van der Waals surface area contributed by atoms with Gasteiger partial charge in [-0.2, -0.15) is 0 Å². The molecule has 0 radical (unpaired) electrons. The van der Waals surface area contributed by atoms with E-state index in [0.29, 0.717) is 17.2 Å². The molecule has 0 atom stereocenters. The van der Waals surface area contributed by atoms with Crippen LogP contribution in [0.25, 0.3) is 28.2 Å². The lowest BCUT2D eigenvalue weighted by molar-refractivity contribution is 0.0735. The molecule has 2 heterocycles. The van der Waals surface area contributed by atoms with Crippen LogP contribution < -0.4 is 4.74 Å². The maximum absolute atomic E-state index is 12.6. The van der Waals surface area contributed by atoms with Crippen LogP contribution in [0.2, 0.25) is 0 Å². The standard InChI is InChI=1S/C23H16N4O3/c1-15-25-20-13-17(9-12-21(20)27(15)18-5-3-2-4-6-18)23(28)30-19-10-7-16(8-11-19)22-26-24-14-29-22/h2-14H,1H3. The molecule has 0 aliphatic carbocycles. The zero-order chi connectivity index (χ0) is 20.5. The highest BCUT2D eigenvalue weighted by molar-refractivity contribution is 5.95. The number of ether oxygens (including phenoxy) is 1. The van der Waals surface area contributed by atoms with Crippen molar-refractivity contribution in [3.05, 3.63) is 90.6 Å². The third-order valence-electron chi connectivity index (χ3n) is 4.74. The number of rotatable bonds is 4. The summed E-state index contributed by atoms with van der Waals surface area (Å²) in [7, 11) is 0. The van der Waals surface area contributed by atoms with E-state index in [-0.39, 0.29) is 0 Å². The quantitative estimate of drug-likeness (QED) is 0.326. The van der Waals surface area contributed by atoms with Gasteiger partial charge < -0.3 is 9.15 Å². The fraction of sp³-hybridized carbons (Fsp3) is 0.0435. The van der Waals surface area contributed by atoms with Gasteiger partial charge in [0.25, 0.3) is 0 Å². The summed E-state index contributed by atoms with van der Waals surface area (Å²) in [5, 5.41) is 7.50. The van der Waals surface area contributed by atoms with Gasteiger partial charge in [-0.3, -0.25) is 4.57 Å². The van der Waals surface area contributed by atoms with Crippen molar-refractivity contribution in [2.45, 2.75) is 6.92 Å². The average molecular weight is 396 g/mol. The Labute approximate surface area is 171 Å². The minimum atomic E-state index is -0.450. The number of fused-ring (bicyclic) bond motifs is 1. The van der Waals surface area contributed by atoms with E-state index in [9.17, 15) is 4.79 Å². The van der Waals surface area contributed by atoms with E-state index in [1.807, 2.05) is 43.3 Å². The molecule has 0 saturated heterocycles. The molecule has 0 spiro atoms. The van der Waals surface area contributed by atoms with Gasteiger partial charge in [0.2, 0.25) is 12.3 Å². The first-order chi connectivity index (χ1) is 14.7. The molecule has 0 N–H and O–H groups in total. The number of hydrogen-bond acceptors (Lipinski definition) is 6. The van der Waals surface area contributed by atoms with Crippen LogP contribution in [0, 0.1) is 6.92 Å². The Hall–Kier alpha value is -4.26. The van der Waals surface area contributed by atoms with E-state index >= 15 is 0 Å². The molecule has 0 fully saturated rings. The number of para-hydroxylation sites is 1. The predicted molar refractivity (Wildman–Crippen MR) is 110 cm³/mol. The Morgan fingerprint density at radius 1 is 1.00 bits per heavy atom. The minimum Gasteiger partial charge on any atom is -0.423 e. The van der Waals surface area contributed by atoms with Gasteiger partial charge in [0.05, 0.1) is 16.6 Å². The first-order valence-corrected chi connectivity index (χ1v) is 9.32. The lowest BCUT2D eigenvalue weighted by Gasteiger charge is -2.07. The summed E-state index contributed by atoms with van der Waals surface area (Å²) in [5.41, 5.74) is 3.86. The number of carbonyl (C=O) groups excluding carboxylic acids is 1. The number of benzene rings is 3. The molecule has 0 amide bonds. The van der Waals surface area contributed by atoms with Crippen LogP contribution in [0.1, 0.15) is 16.2 Å². The second kappa shape index (κ2) is 7.29. The van der Waals surface area contributed by atoms with Crippen LogP contribution in [-0.4, -0.2) is 25.7 Å². The van der Waals surface area contributed by atoms with Gasteiger partial charge in [0.1, 0.15) is 11.6 Å². The van der Waals surface area contributed by atoms with Crippen molar-refractivity contribution < 1.29 is 13.9 Å². The first kappa shape index (κ1) is 17.8. The van der Waals surface area contributed by atoms with E-state index in [1.54, 1.807) is 36.4 Å². The SMILES string of the molecule is Cc1nc2cc(C(=O)Oc3ccc(-c4nnco4)cc3)ccc2n1-c1ccccc1. The minimum absolute atomic E-state index is 0.405. The summed E-state index contributed by atoms with van der Waals surface area (Å²) in [4.78, 5) is 17.2. The molecular formula is C23H16N4O3. The third-order valence-corrected chi connectivity index (χ3v) is 4.74. The molecule has 0 unspecified atom stereocenters. The highest BCUT2D eigenvalue weighted by atomic mass is 16.5. The molecular weight excluding hydrogens is 380 g/mol.